The molecule has 2 aromatic carbocycles. The van der Waals surface area contributed by atoms with Crippen LogP contribution in [-0.2, 0) is 11.2 Å². The third-order valence-electron chi connectivity index (χ3n) is 5.02. The number of nitrogens with one attached hydrogen (secondary N) is 2. The van der Waals surface area contributed by atoms with Gasteiger partial charge in [-0.2, -0.15) is 13.5 Å². The Balaban J connectivity index is 0.00000225. The number of oxazole rings is 1. The van der Waals surface area contributed by atoms with Gasteiger partial charge in [-0.05, 0) is 49.2 Å². The third-order valence-corrected chi connectivity index (χ3v) is 5.02. The molecule has 1 aliphatic rings. The second kappa shape index (κ2) is 9.12. The Hall–Kier alpha value is -2.51. The van der Waals surface area contributed by atoms with Crippen LogP contribution in [0.2, 0.25) is 0 Å². The lowest BCUT2D eigenvalue weighted by Gasteiger charge is -2.25. The van der Waals surface area contributed by atoms with Crippen molar-refractivity contribution >= 4 is 30.5 Å². The number of fused-ring (bicyclic) bond motifs is 1. The molecule has 148 valence electrons. The van der Waals surface area contributed by atoms with E-state index in [2.05, 4.69) is 27.3 Å². The number of nitrogens with zero attached hydrogens (tertiary/aromatic N) is 1. The number of aromatic nitrogens is 1. The molecule has 2 heterocycles. The molecule has 0 spiro atoms. The Kier molecular flexibility index (Phi) is 6.59. The van der Waals surface area contributed by atoms with Gasteiger partial charge in [0, 0.05) is 6.54 Å². The summed E-state index contributed by atoms with van der Waals surface area (Å²) >= 11 is 0. The summed E-state index contributed by atoms with van der Waals surface area (Å²) in [6.45, 7) is 3.00. The Bertz CT molecular complexity index is 977. The van der Waals surface area contributed by atoms with Gasteiger partial charge >= 0.3 is 5.76 Å². The van der Waals surface area contributed by atoms with Crippen molar-refractivity contribution in [2.75, 3.05) is 19.6 Å². The average Bonchev–Trinajstić information content (AvgIpc) is 3.30. The first kappa shape index (κ1) is 20.2. The highest BCUT2D eigenvalue weighted by Gasteiger charge is 2.20. The van der Waals surface area contributed by atoms with E-state index in [1.165, 1.54) is 12.8 Å². The maximum atomic E-state index is 12.7. The van der Waals surface area contributed by atoms with Crippen molar-refractivity contribution in [3.63, 3.8) is 0 Å². The van der Waals surface area contributed by atoms with Gasteiger partial charge in [0.05, 0.1) is 18.0 Å². The van der Waals surface area contributed by atoms with Crippen molar-refractivity contribution in [2.45, 2.75) is 25.3 Å². The van der Waals surface area contributed by atoms with E-state index in [1.54, 1.807) is 12.1 Å². The van der Waals surface area contributed by atoms with Gasteiger partial charge in [-0.1, -0.05) is 36.4 Å². The van der Waals surface area contributed by atoms with Crippen LogP contribution in [0.5, 0.6) is 0 Å². The number of hydrogen-bond acceptors (Lipinski definition) is 4. The predicted octanol–water partition coefficient (Wildman–Crippen LogP) is 2.73. The van der Waals surface area contributed by atoms with Crippen molar-refractivity contribution < 1.29 is 9.21 Å². The molecular formula is C21H25N3O3S. The summed E-state index contributed by atoms with van der Waals surface area (Å²) in [4.78, 5) is 29.0. The van der Waals surface area contributed by atoms with Gasteiger partial charge in [-0.3, -0.25) is 9.78 Å². The zero-order valence-corrected chi connectivity index (χ0v) is 16.6. The van der Waals surface area contributed by atoms with E-state index in [9.17, 15) is 9.59 Å². The molecule has 1 atom stereocenters. The Morgan fingerprint density at radius 3 is 2.64 bits per heavy atom. The molecule has 0 aliphatic carbocycles. The zero-order chi connectivity index (χ0) is 18.6. The van der Waals surface area contributed by atoms with E-state index < -0.39 is 5.76 Å². The number of amides is 1. The van der Waals surface area contributed by atoms with Crippen LogP contribution in [0.3, 0.4) is 0 Å². The summed E-state index contributed by atoms with van der Waals surface area (Å²) < 4.78 is 5.01. The quantitative estimate of drug-likeness (QED) is 0.668. The lowest BCUT2D eigenvalue weighted by Crippen LogP contribution is -2.37. The monoisotopic (exact) mass is 399 g/mol. The fourth-order valence-electron chi connectivity index (χ4n) is 3.68. The smallest absolute Gasteiger partial charge is 0.408 e. The average molecular weight is 400 g/mol. The largest absolute Gasteiger partial charge is 0.417 e. The van der Waals surface area contributed by atoms with Gasteiger partial charge in [-0.15, -0.1) is 0 Å². The highest BCUT2D eigenvalue weighted by Crippen LogP contribution is 2.18. The molecule has 6 nitrogen and oxygen atoms in total. The fraction of sp³-hybridized carbons (Fsp3) is 0.333. The maximum Gasteiger partial charge on any atom is 0.417 e. The second-order valence-electron chi connectivity index (χ2n) is 7.06. The Morgan fingerprint density at radius 2 is 1.89 bits per heavy atom. The van der Waals surface area contributed by atoms with Gasteiger partial charge in [-0.25, -0.2) is 4.79 Å². The molecule has 7 heteroatoms. The minimum absolute atomic E-state index is 0. The molecule has 0 saturated carbocycles. The standard InChI is InChI=1S/C21H23N3O3.H2S/c25-20(13-15-8-9-19-17(12-15)23-21(26)27-19)22-18(14-24-10-4-5-11-24)16-6-2-1-3-7-16;/h1-3,6-9,12,18H,4-5,10-11,13-14H2,(H,22,25)(H,23,26);1H2/t18-;/m1./s1. The summed E-state index contributed by atoms with van der Waals surface area (Å²) in [5, 5.41) is 3.19. The fourth-order valence-corrected chi connectivity index (χ4v) is 3.68. The molecule has 0 bridgehead atoms. The highest BCUT2D eigenvalue weighted by atomic mass is 32.1. The number of rotatable bonds is 6. The summed E-state index contributed by atoms with van der Waals surface area (Å²) in [5.74, 6) is -0.519. The van der Waals surface area contributed by atoms with Crippen molar-refractivity contribution in [1.29, 1.82) is 0 Å². The van der Waals surface area contributed by atoms with Gasteiger partial charge < -0.3 is 14.6 Å². The van der Waals surface area contributed by atoms with Crippen LogP contribution in [0.25, 0.3) is 11.1 Å². The SMILES string of the molecule is O=C(Cc1ccc2oc(=O)[nH]c2c1)N[C@H](CN1CCCC1)c1ccccc1.S. The predicted molar refractivity (Wildman–Crippen MR) is 114 cm³/mol. The van der Waals surface area contributed by atoms with Crippen molar-refractivity contribution in [1.82, 2.24) is 15.2 Å². The Morgan fingerprint density at radius 1 is 1.14 bits per heavy atom. The molecule has 1 amide bonds. The van der Waals surface area contributed by atoms with E-state index in [0.717, 1.165) is 30.8 Å². The van der Waals surface area contributed by atoms with Crippen LogP contribution in [0.15, 0.2) is 57.7 Å². The van der Waals surface area contributed by atoms with Crippen LogP contribution >= 0.6 is 13.5 Å². The molecule has 1 fully saturated rings. The number of aromatic amines is 1. The number of benzene rings is 2. The van der Waals surface area contributed by atoms with Gasteiger partial charge in [0.25, 0.3) is 0 Å². The van der Waals surface area contributed by atoms with E-state index in [-0.39, 0.29) is 31.9 Å². The normalized spacial score (nSPS) is 15.3. The topological polar surface area (TPSA) is 78.3 Å². The molecule has 1 aromatic heterocycles. The maximum absolute atomic E-state index is 12.7. The number of hydrogen-bond donors (Lipinski definition) is 2. The summed E-state index contributed by atoms with van der Waals surface area (Å²) in [5.41, 5.74) is 3.07. The lowest BCUT2D eigenvalue weighted by atomic mass is 10.1. The van der Waals surface area contributed by atoms with Gasteiger partial charge in [0.1, 0.15) is 0 Å². The first-order valence-electron chi connectivity index (χ1n) is 9.36. The zero-order valence-electron chi connectivity index (χ0n) is 15.6. The molecule has 2 N–H and O–H groups in total. The third kappa shape index (κ3) is 4.85. The number of carbonyl (C=O) groups excluding carboxylic acids is 1. The first-order valence-corrected chi connectivity index (χ1v) is 9.36. The molecule has 3 aromatic rings. The summed E-state index contributed by atoms with van der Waals surface area (Å²) in [6.07, 6.45) is 2.70. The van der Waals surface area contributed by atoms with Crippen LogP contribution in [-0.4, -0.2) is 35.4 Å². The van der Waals surface area contributed by atoms with E-state index in [4.69, 9.17) is 4.42 Å². The number of likely N-dealkylation sites (tertiary alicyclic amines) is 1. The van der Waals surface area contributed by atoms with Crippen LogP contribution < -0.4 is 11.1 Å². The summed E-state index contributed by atoms with van der Waals surface area (Å²) in [7, 11) is 0. The van der Waals surface area contributed by atoms with E-state index >= 15 is 0 Å². The van der Waals surface area contributed by atoms with Crippen molar-refractivity contribution in [2.24, 2.45) is 0 Å². The van der Waals surface area contributed by atoms with Gasteiger partial charge in [0.15, 0.2) is 5.58 Å². The van der Waals surface area contributed by atoms with Crippen LogP contribution in [0.1, 0.15) is 30.0 Å². The minimum atomic E-state index is -0.485. The number of H-pyrrole nitrogens is 1. The number of carbonyl (C=O) groups is 1. The molecule has 28 heavy (non-hydrogen) atoms. The van der Waals surface area contributed by atoms with Crippen LogP contribution in [0, 0.1) is 0 Å². The highest BCUT2D eigenvalue weighted by molar-refractivity contribution is 7.59. The second-order valence-corrected chi connectivity index (χ2v) is 7.06. The van der Waals surface area contributed by atoms with Crippen LogP contribution in [0.4, 0.5) is 0 Å². The summed E-state index contributed by atoms with van der Waals surface area (Å²) in [6, 6.07) is 15.4. The molecule has 0 unspecified atom stereocenters. The molecule has 1 aliphatic heterocycles. The van der Waals surface area contributed by atoms with E-state index in [0.29, 0.717) is 11.1 Å². The van der Waals surface area contributed by atoms with E-state index in [1.807, 2.05) is 24.3 Å². The van der Waals surface area contributed by atoms with Crippen molar-refractivity contribution in [3.05, 3.63) is 70.2 Å². The molecule has 0 radical (unpaired) electrons. The first-order chi connectivity index (χ1) is 13.2. The minimum Gasteiger partial charge on any atom is -0.408 e. The Labute approximate surface area is 170 Å². The molecule has 1 saturated heterocycles. The molecular weight excluding hydrogens is 374 g/mol. The van der Waals surface area contributed by atoms with Gasteiger partial charge in [0.2, 0.25) is 5.91 Å². The van der Waals surface area contributed by atoms with Crippen molar-refractivity contribution in [3.8, 4) is 0 Å². The lowest BCUT2D eigenvalue weighted by molar-refractivity contribution is -0.121. The molecule has 4 rings (SSSR count).